The van der Waals surface area contributed by atoms with E-state index in [2.05, 4.69) is 17.1 Å². The van der Waals surface area contributed by atoms with Crippen LogP contribution in [0.2, 0.25) is 0 Å². The lowest BCUT2D eigenvalue weighted by Crippen LogP contribution is -2.01. The highest BCUT2D eigenvalue weighted by Gasteiger charge is 2.09. The molecule has 0 aliphatic rings. The van der Waals surface area contributed by atoms with Gasteiger partial charge in [-0.2, -0.15) is 0 Å². The van der Waals surface area contributed by atoms with Gasteiger partial charge in [-0.15, -0.1) is 15.0 Å². The summed E-state index contributed by atoms with van der Waals surface area (Å²) < 4.78 is 5.80. The quantitative estimate of drug-likeness (QED) is 0.339. The molecular formula is C24H33N3O2. The normalized spacial score (nSPS) is 11.2. The van der Waals surface area contributed by atoms with Crippen molar-refractivity contribution in [1.29, 1.82) is 0 Å². The fraction of sp³-hybridized carbons (Fsp3) is 0.500. The molecule has 0 radical (unpaired) electrons. The summed E-state index contributed by atoms with van der Waals surface area (Å²) in [4.78, 5) is 1.46. The Morgan fingerprint density at radius 3 is 1.97 bits per heavy atom. The van der Waals surface area contributed by atoms with Crippen LogP contribution in [0.4, 0.5) is 0 Å². The lowest BCUT2D eigenvalue weighted by molar-refractivity contribution is 0.302. The number of hydrogen-bond acceptors (Lipinski definition) is 4. The molecule has 1 aromatic heterocycles. The van der Waals surface area contributed by atoms with E-state index in [9.17, 15) is 5.11 Å². The van der Waals surface area contributed by atoms with Gasteiger partial charge in [-0.25, -0.2) is 0 Å². The summed E-state index contributed by atoms with van der Waals surface area (Å²) in [5, 5.41) is 19.2. The van der Waals surface area contributed by atoms with Crippen molar-refractivity contribution in [3.63, 3.8) is 0 Å². The zero-order chi connectivity index (χ0) is 20.3. The van der Waals surface area contributed by atoms with Crippen molar-refractivity contribution in [3.05, 3.63) is 42.5 Å². The number of rotatable bonds is 13. The minimum Gasteiger partial charge on any atom is -0.505 e. The molecule has 1 heterocycles. The molecule has 0 aliphatic heterocycles. The van der Waals surface area contributed by atoms with Gasteiger partial charge >= 0.3 is 0 Å². The largest absolute Gasteiger partial charge is 0.505 e. The summed E-state index contributed by atoms with van der Waals surface area (Å²) in [6.07, 6.45) is 13.1. The van der Waals surface area contributed by atoms with E-state index in [0.717, 1.165) is 17.5 Å². The summed E-state index contributed by atoms with van der Waals surface area (Å²) in [5.41, 5.74) is 2.15. The van der Waals surface area contributed by atoms with Crippen LogP contribution in [0.3, 0.4) is 0 Å². The average molecular weight is 396 g/mol. The van der Waals surface area contributed by atoms with Gasteiger partial charge in [0.1, 0.15) is 28.2 Å². The molecule has 1 N–H and O–H groups in total. The number of aromatic nitrogens is 3. The molecule has 0 bridgehead atoms. The molecule has 3 rings (SSSR count). The molecule has 5 nitrogen and oxygen atoms in total. The van der Waals surface area contributed by atoms with Crippen molar-refractivity contribution in [2.45, 2.75) is 71.1 Å². The highest BCUT2D eigenvalue weighted by molar-refractivity contribution is 5.73. The van der Waals surface area contributed by atoms with Gasteiger partial charge in [-0.1, -0.05) is 76.8 Å². The zero-order valence-corrected chi connectivity index (χ0v) is 17.5. The highest BCUT2D eigenvalue weighted by atomic mass is 16.5. The molecule has 2 aromatic carbocycles. The highest BCUT2D eigenvalue weighted by Crippen LogP contribution is 2.27. The smallest absolute Gasteiger partial charge is 0.146 e. The van der Waals surface area contributed by atoms with Crippen LogP contribution in [0.5, 0.6) is 11.5 Å². The van der Waals surface area contributed by atoms with Crippen LogP contribution in [0.25, 0.3) is 16.7 Å². The van der Waals surface area contributed by atoms with Crippen LogP contribution >= 0.6 is 0 Å². The monoisotopic (exact) mass is 395 g/mol. The first-order valence-corrected chi connectivity index (χ1v) is 11.1. The van der Waals surface area contributed by atoms with Crippen LogP contribution in [-0.2, 0) is 0 Å². The number of phenolic OH excluding ortho intramolecular Hbond substituents is 1. The van der Waals surface area contributed by atoms with Gasteiger partial charge in [-0.3, -0.25) is 0 Å². The van der Waals surface area contributed by atoms with Crippen LogP contribution in [0.15, 0.2) is 42.5 Å². The van der Waals surface area contributed by atoms with Crippen molar-refractivity contribution >= 4 is 11.0 Å². The summed E-state index contributed by atoms with van der Waals surface area (Å²) in [5.74, 6) is 0.796. The molecule has 0 amide bonds. The standard InChI is InChI=1S/C24H33N3O2/c1-2-3-4-5-6-7-8-9-10-13-18-29-20-16-17-23(24(28)19-20)27-25-21-14-11-12-15-22(21)26-27/h11-12,14-17,19,28H,2-10,13,18H2,1H3. The molecule has 5 heteroatoms. The van der Waals surface area contributed by atoms with Crippen molar-refractivity contribution < 1.29 is 9.84 Å². The Morgan fingerprint density at radius 2 is 1.38 bits per heavy atom. The van der Waals surface area contributed by atoms with Crippen molar-refractivity contribution in [1.82, 2.24) is 15.0 Å². The predicted octanol–water partition coefficient (Wildman–Crippen LogP) is 6.43. The lowest BCUT2D eigenvalue weighted by atomic mass is 10.1. The summed E-state index contributed by atoms with van der Waals surface area (Å²) in [6, 6.07) is 12.9. The number of fused-ring (bicyclic) bond motifs is 1. The van der Waals surface area contributed by atoms with E-state index in [-0.39, 0.29) is 5.75 Å². The van der Waals surface area contributed by atoms with Gasteiger partial charge in [0.05, 0.1) is 6.61 Å². The Balaban J connectivity index is 1.36. The molecule has 3 aromatic rings. The first-order chi connectivity index (χ1) is 14.3. The van der Waals surface area contributed by atoms with Gasteiger partial charge in [0.25, 0.3) is 0 Å². The van der Waals surface area contributed by atoms with Crippen LogP contribution in [0.1, 0.15) is 71.1 Å². The third-order valence-electron chi connectivity index (χ3n) is 5.22. The average Bonchev–Trinajstić information content (AvgIpc) is 3.16. The Morgan fingerprint density at radius 1 is 0.793 bits per heavy atom. The van der Waals surface area contributed by atoms with Gasteiger partial charge in [-0.05, 0) is 30.7 Å². The molecule has 0 spiro atoms. The predicted molar refractivity (Wildman–Crippen MR) is 118 cm³/mol. The van der Waals surface area contributed by atoms with E-state index in [0.29, 0.717) is 18.0 Å². The summed E-state index contributed by atoms with van der Waals surface area (Å²) in [7, 11) is 0. The fourth-order valence-electron chi connectivity index (χ4n) is 3.51. The summed E-state index contributed by atoms with van der Waals surface area (Å²) >= 11 is 0. The number of hydrogen-bond donors (Lipinski definition) is 1. The molecule has 29 heavy (non-hydrogen) atoms. The van der Waals surface area contributed by atoms with Gasteiger partial charge < -0.3 is 9.84 Å². The maximum absolute atomic E-state index is 10.4. The number of nitrogens with zero attached hydrogens (tertiary/aromatic N) is 3. The molecule has 156 valence electrons. The van der Waals surface area contributed by atoms with Gasteiger partial charge in [0.15, 0.2) is 0 Å². The molecule has 0 saturated carbocycles. The number of aromatic hydroxyl groups is 1. The van der Waals surface area contributed by atoms with E-state index < -0.39 is 0 Å². The van der Waals surface area contributed by atoms with Crippen LogP contribution in [0, 0.1) is 0 Å². The minimum absolute atomic E-state index is 0.117. The van der Waals surface area contributed by atoms with E-state index in [1.807, 2.05) is 30.3 Å². The van der Waals surface area contributed by atoms with E-state index >= 15 is 0 Å². The number of phenols is 1. The molecule has 0 atom stereocenters. The third-order valence-corrected chi connectivity index (χ3v) is 5.22. The summed E-state index contributed by atoms with van der Waals surface area (Å²) in [6.45, 7) is 2.94. The number of benzene rings is 2. The van der Waals surface area contributed by atoms with Crippen molar-refractivity contribution in [3.8, 4) is 17.2 Å². The Labute approximate surface area is 173 Å². The maximum atomic E-state index is 10.4. The van der Waals surface area contributed by atoms with Gasteiger partial charge in [0, 0.05) is 6.07 Å². The SMILES string of the molecule is CCCCCCCCCCCCOc1ccc(-n2nc3ccccc3n2)c(O)c1. The molecule has 0 unspecified atom stereocenters. The van der Waals surface area contributed by atoms with Crippen LogP contribution < -0.4 is 4.74 Å². The Bertz CT molecular complexity index is 842. The second kappa shape index (κ2) is 11.4. The van der Waals surface area contributed by atoms with E-state index in [1.165, 1.54) is 62.6 Å². The van der Waals surface area contributed by atoms with Crippen molar-refractivity contribution in [2.24, 2.45) is 0 Å². The second-order valence-electron chi connectivity index (χ2n) is 7.66. The second-order valence-corrected chi connectivity index (χ2v) is 7.66. The lowest BCUT2D eigenvalue weighted by Gasteiger charge is -2.09. The maximum Gasteiger partial charge on any atom is 0.146 e. The van der Waals surface area contributed by atoms with Gasteiger partial charge in [0.2, 0.25) is 0 Å². The molecule has 0 saturated heterocycles. The minimum atomic E-state index is 0.117. The Kier molecular flexibility index (Phi) is 8.35. The number of ether oxygens (including phenoxy) is 1. The third kappa shape index (κ3) is 6.48. The van der Waals surface area contributed by atoms with E-state index in [1.54, 1.807) is 12.1 Å². The van der Waals surface area contributed by atoms with Crippen LogP contribution in [-0.4, -0.2) is 26.7 Å². The molecule has 0 fully saturated rings. The molecule has 0 aliphatic carbocycles. The van der Waals surface area contributed by atoms with Crippen molar-refractivity contribution in [2.75, 3.05) is 6.61 Å². The number of unbranched alkanes of at least 4 members (excludes halogenated alkanes) is 9. The Hall–Kier alpha value is -2.56. The zero-order valence-electron chi connectivity index (χ0n) is 17.5. The topological polar surface area (TPSA) is 60.2 Å². The molecular weight excluding hydrogens is 362 g/mol. The first kappa shape index (κ1) is 21.2. The first-order valence-electron chi connectivity index (χ1n) is 11.1. The fourth-order valence-corrected chi connectivity index (χ4v) is 3.51. The van der Waals surface area contributed by atoms with E-state index in [4.69, 9.17) is 4.74 Å².